The van der Waals surface area contributed by atoms with Gasteiger partial charge in [0.1, 0.15) is 11.5 Å². The molecule has 1 atom stereocenters. The number of fused-ring (bicyclic) bond motifs is 1. The Labute approximate surface area is 121 Å². The molecule has 5 nitrogen and oxygen atoms in total. The van der Waals surface area contributed by atoms with Gasteiger partial charge in [0, 0.05) is 32.0 Å². The van der Waals surface area contributed by atoms with Gasteiger partial charge in [0.05, 0.1) is 5.02 Å². The normalized spacial score (nSPS) is 19.5. The fourth-order valence-electron chi connectivity index (χ4n) is 2.65. The standard InChI is InChI=1S/C14H16ClN3O2/c15-11-3-4-12-16-13(6-14(20)18(12)8-11)17-5-1-2-10(7-17)9-19/h3-4,6,8,10,19H,1-2,5,7,9H2/t10-/m1/s1. The Balaban J connectivity index is 2.00. The monoisotopic (exact) mass is 293 g/mol. The summed E-state index contributed by atoms with van der Waals surface area (Å²) in [4.78, 5) is 18.7. The van der Waals surface area contributed by atoms with E-state index < -0.39 is 0 Å². The Kier molecular flexibility index (Phi) is 3.63. The van der Waals surface area contributed by atoms with Crippen LogP contribution >= 0.6 is 11.6 Å². The minimum Gasteiger partial charge on any atom is -0.396 e. The molecule has 0 saturated carbocycles. The summed E-state index contributed by atoms with van der Waals surface area (Å²) in [6, 6.07) is 4.99. The molecule has 1 N–H and O–H groups in total. The predicted molar refractivity (Wildman–Crippen MR) is 78.5 cm³/mol. The molecule has 106 valence electrons. The highest BCUT2D eigenvalue weighted by Gasteiger charge is 2.21. The first kappa shape index (κ1) is 13.4. The van der Waals surface area contributed by atoms with Crippen molar-refractivity contribution in [2.45, 2.75) is 12.8 Å². The molecule has 1 fully saturated rings. The smallest absolute Gasteiger partial charge is 0.260 e. The summed E-state index contributed by atoms with van der Waals surface area (Å²) in [7, 11) is 0. The van der Waals surface area contributed by atoms with E-state index in [0.29, 0.717) is 16.5 Å². The first-order valence-corrected chi connectivity index (χ1v) is 7.10. The second-order valence-electron chi connectivity index (χ2n) is 5.16. The number of anilines is 1. The summed E-state index contributed by atoms with van der Waals surface area (Å²) in [5, 5.41) is 9.79. The molecular weight excluding hydrogens is 278 g/mol. The Bertz CT molecular complexity index is 686. The first-order valence-electron chi connectivity index (χ1n) is 6.72. The highest BCUT2D eigenvalue weighted by molar-refractivity contribution is 6.30. The number of rotatable bonds is 2. The topological polar surface area (TPSA) is 57.8 Å². The number of nitrogens with zero attached hydrogens (tertiary/aromatic N) is 3. The maximum atomic E-state index is 12.1. The van der Waals surface area contributed by atoms with Gasteiger partial charge in [-0.3, -0.25) is 9.20 Å². The van der Waals surface area contributed by atoms with Gasteiger partial charge in [0.2, 0.25) is 0 Å². The lowest BCUT2D eigenvalue weighted by Gasteiger charge is -2.32. The maximum absolute atomic E-state index is 12.1. The van der Waals surface area contributed by atoms with Gasteiger partial charge in [-0.15, -0.1) is 0 Å². The van der Waals surface area contributed by atoms with Crippen molar-refractivity contribution >= 4 is 23.1 Å². The van der Waals surface area contributed by atoms with E-state index in [-0.39, 0.29) is 18.1 Å². The number of hydrogen-bond acceptors (Lipinski definition) is 4. The van der Waals surface area contributed by atoms with Crippen LogP contribution in [0.2, 0.25) is 5.02 Å². The SMILES string of the molecule is O=c1cc(N2CCC[C@@H](CO)C2)nc2ccc(Cl)cn12. The molecule has 1 saturated heterocycles. The third-order valence-electron chi connectivity index (χ3n) is 3.71. The van der Waals surface area contributed by atoms with E-state index in [4.69, 9.17) is 11.6 Å². The van der Waals surface area contributed by atoms with Crippen LogP contribution in [0.5, 0.6) is 0 Å². The van der Waals surface area contributed by atoms with Crippen molar-refractivity contribution in [1.29, 1.82) is 0 Å². The van der Waals surface area contributed by atoms with Crippen molar-refractivity contribution in [3.8, 4) is 0 Å². The summed E-state index contributed by atoms with van der Waals surface area (Å²) >= 11 is 5.89. The van der Waals surface area contributed by atoms with Gasteiger partial charge in [-0.05, 0) is 30.9 Å². The minimum absolute atomic E-state index is 0.140. The second-order valence-corrected chi connectivity index (χ2v) is 5.60. The lowest BCUT2D eigenvalue weighted by Crippen LogP contribution is -2.38. The van der Waals surface area contributed by atoms with E-state index in [1.165, 1.54) is 10.5 Å². The second kappa shape index (κ2) is 5.42. The molecule has 3 rings (SSSR count). The van der Waals surface area contributed by atoms with Crippen LogP contribution in [-0.2, 0) is 0 Å². The molecule has 0 amide bonds. The van der Waals surface area contributed by atoms with Gasteiger partial charge in [-0.1, -0.05) is 11.6 Å². The summed E-state index contributed by atoms with van der Waals surface area (Å²) < 4.78 is 1.44. The third kappa shape index (κ3) is 2.51. The number of aromatic nitrogens is 2. The molecule has 2 aromatic heterocycles. The van der Waals surface area contributed by atoms with Crippen LogP contribution in [0.4, 0.5) is 5.82 Å². The number of hydrogen-bond donors (Lipinski definition) is 1. The van der Waals surface area contributed by atoms with Crippen molar-refractivity contribution < 1.29 is 5.11 Å². The number of halogens is 1. The molecule has 1 aliphatic rings. The van der Waals surface area contributed by atoms with E-state index in [0.717, 1.165) is 25.9 Å². The highest BCUT2D eigenvalue weighted by Crippen LogP contribution is 2.21. The van der Waals surface area contributed by atoms with E-state index in [1.54, 1.807) is 18.3 Å². The van der Waals surface area contributed by atoms with Crippen molar-refractivity contribution in [3.05, 3.63) is 39.8 Å². The van der Waals surface area contributed by atoms with Crippen LogP contribution in [0.15, 0.2) is 29.2 Å². The zero-order valence-corrected chi connectivity index (χ0v) is 11.8. The molecule has 0 unspecified atom stereocenters. The van der Waals surface area contributed by atoms with Crippen LogP contribution in [0.3, 0.4) is 0 Å². The van der Waals surface area contributed by atoms with E-state index in [2.05, 4.69) is 9.88 Å². The molecule has 20 heavy (non-hydrogen) atoms. The van der Waals surface area contributed by atoms with Crippen LogP contribution < -0.4 is 10.5 Å². The molecule has 6 heteroatoms. The molecule has 0 bridgehead atoms. The average Bonchev–Trinajstić information content (AvgIpc) is 2.48. The summed E-state index contributed by atoms with van der Waals surface area (Å²) in [5.74, 6) is 0.935. The van der Waals surface area contributed by atoms with Gasteiger partial charge >= 0.3 is 0 Å². The number of piperidine rings is 1. The average molecular weight is 294 g/mol. The quantitative estimate of drug-likeness (QED) is 0.913. The molecule has 1 aliphatic heterocycles. The maximum Gasteiger partial charge on any atom is 0.260 e. The van der Waals surface area contributed by atoms with Crippen LogP contribution in [0.25, 0.3) is 5.65 Å². The summed E-state index contributed by atoms with van der Waals surface area (Å²) in [6.07, 6.45) is 3.60. The van der Waals surface area contributed by atoms with Crippen molar-refractivity contribution in [2.24, 2.45) is 5.92 Å². The summed E-state index contributed by atoms with van der Waals surface area (Å²) in [6.45, 7) is 1.79. The van der Waals surface area contributed by atoms with Crippen molar-refractivity contribution in [2.75, 3.05) is 24.6 Å². The first-order chi connectivity index (χ1) is 9.67. The van der Waals surface area contributed by atoms with Gasteiger partial charge in [0.15, 0.2) is 0 Å². The number of aliphatic hydroxyl groups excluding tert-OH is 1. The Hall–Kier alpha value is -1.59. The third-order valence-corrected chi connectivity index (χ3v) is 3.93. The van der Waals surface area contributed by atoms with Crippen LogP contribution in [-0.4, -0.2) is 34.2 Å². The van der Waals surface area contributed by atoms with Gasteiger partial charge in [-0.2, -0.15) is 0 Å². The molecule has 0 aliphatic carbocycles. The molecule has 2 aromatic rings. The molecule has 0 aromatic carbocycles. The Morgan fingerprint density at radius 1 is 1.45 bits per heavy atom. The number of pyridine rings is 1. The molecular formula is C14H16ClN3O2. The molecule has 3 heterocycles. The fraction of sp³-hybridized carbons (Fsp3) is 0.429. The molecule has 0 radical (unpaired) electrons. The van der Waals surface area contributed by atoms with Crippen molar-refractivity contribution in [1.82, 2.24) is 9.38 Å². The zero-order valence-electron chi connectivity index (χ0n) is 11.0. The summed E-state index contributed by atoms with van der Waals surface area (Å²) in [5.41, 5.74) is 0.446. The van der Waals surface area contributed by atoms with Crippen molar-refractivity contribution in [3.63, 3.8) is 0 Å². The van der Waals surface area contributed by atoms with E-state index in [9.17, 15) is 9.90 Å². The van der Waals surface area contributed by atoms with E-state index in [1.807, 2.05) is 0 Å². The lowest BCUT2D eigenvalue weighted by atomic mass is 9.99. The minimum atomic E-state index is -0.140. The van der Waals surface area contributed by atoms with Gasteiger partial charge in [0.25, 0.3) is 5.56 Å². The highest BCUT2D eigenvalue weighted by atomic mass is 35.5. The Morgan fingerprint density at radius 2 is 2.30 bits per heavy atom. The largest absolute Gasteiger partial charge is 0.396 e. The Morgan fingerprint density at radius 3 is 3.10 bits per heavy atom. The zero-order chi connectivity index (χ0) is 14.1. The lowest BCUT2D eigenvalue weighted by molar-refractivity contribution is 0.208. The van der Waals surface area contributed by atoms with E-state index >= 15 is 0 Å². The molecule has 0 spiro atoms. The fourth-order valence-corrected chi connectivity index (χ4v) is 2.81. The van der Waals surface area contributed by atoms with Crippen LogP contribution in [0, 0.1) is 5.92 Å². The predicted octanol–water partition coefficient (Wildman–Crippen LogP) is 1.56. The van der Waals surface area contributed by atoms with Gasteiger partial charge in [-0.25, -0.2) is 4.98 Å². The number of aliphatic hydroxyl groups is 1. The van der Waals surface area contributed by atoms with Gasteiger partial charge < -0.3 is 10.0 Å². The van der Waals surface area contributed by atoms with Crippen LogP contribution in [0.1, 0.15) is 12.8 Å².